The Bertz CT molecular complexity index is 15.1. The molecule has 0 fully saturated rings. The molecule has 0 spiro atoms. The van der Waals surface area contributed by atoms with E-state index < -0.39 is 0 Å². The lowest BCUT2D eigenvalue weighted by molar-refractivity contribution is 1.76. The standard InChI is InChI=1S/C2H7NS2/c1-4-3-5-2/h3H,1-2H3. The Morgan fingerprint density at radius 2 is 1.60 bits per heavy atom. The molecule has 0 radical (unpaired) electrons. The summed E-state index contributed by atoms with van der Waals surface area (Å²) >= 11 is 3.23. The second-order valence-electron chi connectivity index (χ2n) is 0.492. The van der Waals surface area contributed by atoms with Crippen LogP contribution in [0.3, 0.4) is 0 Å². The summed E-state index contributed by atoms with van der Waals surface area (Å²) in [5, 5.41) is 0. The molecule has 0 saturated heterocycles. The molecule has 0 atom stereocenters. The molecular weight excluding hydrogens is 102 g/mol. The molecular formula is C2H7NS2. The van der Waals surface area contributed by atoms with E-state index in [0.717, 1.165) is 0 Å². The van der Waals surface area contributed by atoms with Gasteiger partial charge in [0.15, 0.2) is 0 Å². The Hall–Kier alpha value is 0.660. The quantitative estimate of drug-likeness (QED) is 0.534. The normalized spacial score (nSPS) is 8.40. The van der Waals surface area contributed by atoms with E-state index in [1.807, 2.05) is 12.5 Å². The number of hydrogen-bond acceptors (Lipinski definition) is 3. The average molecular weight is 109 g/mol. The summed E-state index contributed by atoms with van der Waals surface area (Å²) in [6.07, 6.45) is 3.99. The predicted molar refractivity (Wildman–Crippen MR) is 30.2 cm³/mol. The molecule has 0 aromatic rings. The van der Waals surface area contributed by atoms with Crippen LogP contribution in [0.1, 0.15) is 0 Å². The third-order valence-electron chi connectivity index (χ3n) is 0.167. The predicted octanol–water partition coefficient (Wildman–Crippen LogP) is 1.13. The molecule has 32 valence electrons. The van der Waals surface area contributed by atoms with Crippen molar-refractivity contribution in [3.05, 3.63) is 0 Å². The van der Waals surface area contributed by atoms with Crippen molar-refractivity contribution >= 4 is 23.9 Å². The van der Waals surface area contributed by atoms with Gasteiger partial charge in [-0.1, -0.05) is 23.9 Å². The topological polar surface area (TPSA) is 12.0 Å². The SMILES string of the molecule is CSNSC. The van der Waals surface area contributed by atoms with E-state index in [2.05, 4.69) is 4.13 Å². The van der Waals surface area contributed by atoms with Gasteiger partial charge in [0.1, 0.15) is 0 Å². The lowest BCUT2D eigenvalue weighted by atomic mass is 12.0. The summed E-state index contributed by atoms with van der Waals surface area (Å²) in [6, 6.07) is 0. The molecule has 1 N–H and O–H groups in total. The van der Waals surface area contributed by atoms with Crippen LogP contribution in [0.2, 0.25) is 0 Å². The summed E-state index contributed by atoms with van der Waals surface area (Å²) in [5.41, 5.74) is 0. The molecule has 3 heteroatoms. The molecule has 0 aromatic heterocycles. The fourth-order valence-corrected chi connectivity index (χ4v) is 0.750. The van der Waals surface area contributed by atoms with Gasteiger partial charge < -0.3 is 0 Å². The van der Waals surface area contributed by atoms with Crippen molar-refractivity contribution in [2.75, 3.05) is 12.5 Å². The Labute approximate surface area is 41.2 Å². The van der Waals surface area contributed by atoms with Crippen LogP contribution in [-0.4, -0.2) is 12.5 Å². The van der Waals surface area contributed by atoms with Crippen molar-refractivity contribution in [1.82, 2.24) is 4.13 Å². The molecule has 0 saturated carbocycles. The van der Waals surface area contributed by atoms with Gasteiger partial charge in [-0.15, -0.1) is 0 Å². The summed E-state index contributed by atoms with van der Waals surface area (Å²) in [7, 11) is 0. The zero-order valence-corrected chi connectivity index (χ0v) is 4.95. The van der Waals surface area contributed by atoms with E-state index in [0.29, 0.717) is 0 Å². The molecule has 1 nitrogen and oxygen atoms in total. The maximum absolute atomic E-state index is 2.94. The number of rotatable bonds is 2. The van der Waals surface area contributed by atoms with E-state index in [-0.39, 0.29) is 0 Å². The van der Waals surface area contributed by atoms with Gasteiger partial charge in [0.2, 0.25) is 0 Å². The lowest BCUT2D eigenvalue weighted by Gasteiger charge is -1.84. The maximum atomic E-state index is 2.94. The summed E-state index contributed by atoms with van der Waals surface area (Å²) in [5.74, 6) is 0. The minimum Gasteiger partial charge on any atom is -0.208 e. The van der Waals surface area contributed by atoms with Gasteiger partial charge in [-0.3, -0.25) is 0 Å². The first-order chi connectivity index (χ1) is 2.41. The van der Waals surface area contributed by atoms with E-state index in [1.165, 1.54) is 0 Å². The highest BCUT2D eigenvalue weighted by Crippen LogP contribution is 1.90. The lowest BCUT2D eigenvalue weighted by Crippen LogP contribution is -1.80. The van der Waals surface area contributed by atoms with Crippen LogP contribution in [-0.2, 0) is 0 Å². The highest BCUT2D eigenvalue weighted by Gasteiger charge is 1.63. The number of hydrogen-bond donors (Lipinski definition) is 1. The van der Waals surface area contributed by atoms with Crippen molar-refractivity contribution in [2.45, 2.75) is 0 Å². The zero-order chi connectivity index (χ0) is 4.12. The molecule has 0 unspecified atom stereocenters. The van der Waals surface area contributed by atoms with Crippen molar-refractivity contribution in [3.63, 3.8) is 0 Å². The zero-order valence-electron chi connectivity index (χ0n) is 3.32. The highest BCUT2D eigenvalue weighted by molar-refractivity contribution is 8.12. The maximum Gasteiger partial charge on any atom is -0.00291 e. The van der Waals surface area contributed by atoms with Crippen molar-refractivity contribution in [2.24, 2.45) is 0 Å². The molecule has 0 bridgehead atoms. The first kappa shape index (κ1) is 5.66. The monoisotopic (exact) mass is 109 g/mol. The van der Waals surface area contributed by atoms with Crippen LogP contribution in [0, 0.1) is 0 Å². The van der Waals surface area contributed by atoms with Gasteiger partial charge in [-0.05, 0) is 12.5 Å². The van der Waals surface area contributed by atoms with Gasteiger partial charge in [-0.25, -0.2) is 4.13 Å². The summed E-state index contributed by atoms with van der Waals surface area (Å²) in [4.78, 5) is 0. The molecule has 0 heterocycles. The Balaban J connectivity index is 2.19. The minimum atomic E-state index is 1.61. The highest BCUT2D eigenvalue weighted by atomic mass is 32.2. The minimum absolute atomic E-state index is 1.61. The third-order valence-corrected chi connectivity index (χ3v) is 1.50. The van der Waals surface area contributed by atoms with Crippen LogP contribution in [0.15, 0.2) is 0 Å². The van der Waals surface area contributed by atoms with Crippen LogP contribution < -0.4 is 4.13 Å². The summed E-state index contributed by atoms with van der Waals surface area (Å²) < 4.78 is 2.94. The molecule has 5 heavy (non-hydrogen) atoms. The van der Waals surface area contributed by atoms with Crippen LogP contribution in [0.4, 0.5) is 0 Å². The third kappa shape index (κ3) is 4.66. The van der Waals surface area contributed by atoms with E-state index in [4.69, 9.17) is 0 Å². The molecule has 0 amide bonds. The average Bonchev–Trinajstić information content (AvgIpc) is 1.41. The van der Waals surface area contributed by atoms with Crippen molar-refractivity contribution < 1.29 is 0 Å². The van der Waals surface area contributed by atoms with Crippen LogP contribution in [0.5, 0.6) is 0 Å². The van der Waals surface area contributed by atoms with Gasteiger partial charge in [0, 0.05) is 0 Å². The fourth-order valence-electron chi connectivity index (χ4n) is 0.0833. The Morgan fingerprint density at radius 3 is 1.60 bits per heavy atom. The van der Waals surface area contributed by atoms with Gasteiger partial charge in [0.05, 0.1) is 0 Å². The van der Waals surface area contributed by atoms with Crippen molar-refractivity contribution in [3.8, 4) is 0 Å². The van der Waals surface area contributed by atoms with Crippen molar-refractivity contribution in [1.29, 1.82) is 0 Å². The molecule has 0 aliphatic rings. The fraction of sp³-hybridized carbons (Fsp3) is 1.00. The smallest absolute Gasteiger partial charge is 0.00291 e. The summed E-state index contributed by atoms with van der Waals surface area (Å²) in [6.45, 7) is 0. The first-order valence-corrected chi connectivity index (χ1v) is 3.67. The van der Waals surface area contributed by atoms with Gasteiger partial charge in [-0.2, -0.15) is 0 Å². The van der Waals surface area contributed by atoms with E-state index in [9.17, 15) is 0 Å². The second-order valence-corrected chi connectivity index (χ2v) is 1.97. The van der Waals surface area contributed by atoms with E-state index >= 15 is 0 Å². The second kappa shape index (κ2) is 4.66. The Kier molecular flexibility index (Phi) is 5.28. The van der Waals surface area contributed by atoms with E-state index in [1.54, 1.807) is 23.9 Å². The van der Waals surface area contributed by atoms with Gasteiger partial charge >= 0.3 is 0 Å². The molecule has 0 aliphatic heterocycles. The van der Waals surface area contributed by atoms with Crippen LogP contribution >= 0.6 is 23.9 Å². The molecule has 0 aliphatic carbocycles. The molecule has 0 aromatic carbocycles. The number of nitrogens with one attached hydrogen (secondary N) is 1. The van der Waals surface area contributed by atoms with Gasteiger partial charge in [0.25, 0.3) is 0 Å². The Morgan fingerprint density at radius 1 is 1.20 bits per heavy atom. The first-order valence-electron chi connectivity index (χ1n) is 1.22. The van der Waals surface area contributed by atoms with Crippen LogP contribution in [0.25, 0.3) is 0 Å². The largest absolute Gasteiger partial charge is 0.208 e. The molecule has 0 rings (SSSR count).